The summed E-state index contributed by atoms with van der Waals surface area (Å²) in [7, 11) is -1.31. The van der Waals surface area contributed by atoms with E-state index in [1.807, 2.05) is 45.0 Å². The molecule has 0 heterocycles. The van der Waals surface area contributed by atoms with Crippen LogP contribution in [0.5, 0.6) is 11.5 Å². The van der Waals surface area contributed by atoms with Gasteiger partial charge in [-0.15, -0.1) is 0 Å². The molecule has 0 spiro atoms. The number of hydrogen-bond acceptors (Lipinski definition) is 6. The average molecular weight is 582 g/mol. The molecule has 10 heteroatoms. The van der Waals surface area contributed by atoms with Crippen molar-refractivity contribution in [3.05, 3.63) is 83.9 Å². The highest BCUT2D eigenvalue weighted by Crippen LogP contribution is 2.33. The van der Waals surface area contributed by atoms with Crippen molar-refractivity contribution in [2.24, 2.45) is 0 Å². The molecule has 3 aromatic rings. The summed E-state index contributed by atoms with van der Waals surface area (Å²) in [5, 5.41) is 2.94. The number of benzene rings is 3. The number of carbonyl (C=O) groups excluding carboxylic acids is 2. The van der Waals surface area contributed by atoms with E-state index in [-0.39, 0.29) is 34.8 Å². The average Bonchev–Trinajstić information content (AvgIpc) is 2.98. The summed E-state index contributed by atoms with van der Waals surface area (Å²) < 4.78 is 39.8. The number of anilines is 1. The van der Waals surface area contributed by atoms with Gasteiger partial charge in [-0.2, -0.15) is 0 Å². The molecule has 0 fully saturated rings. The minimum absolute atomic E-state index is 0.0231. The van der Waals surface area contributed by atoms with Gasteiger partial charge in [0.05, 0.1) is 24.8 Å². The van der Waals surface area contributed by atoms with Gasteiger partial charge < -0.3 is 19.7 Å². The highest BCUT2D eigenvalue weighted by Gasteiger charge is 2.34. The van der Waals surface area contributed by atoms with Crippen LogP contribution in [0.3, 0.4) is 0 Å². The van der Waals surface area contributed by atoms with Crippen LogP contribution in [-0.4, -0.2) is 58.0 Å². The molecular formula is C31H39N3O6S. The smallest absolute Gasteiger partial charge is 0.264 e. The summed E-state index contributed by atoms with van der Waals surface area (Å²) in [6.07, 6.45) is 0.728. The number of para-hydroxylation sites is 2. The first kappa shape index (κ1) is 31.5. The normalized spacial score (nSPS) is 12.6. The minimum Gasteiger partial charge on any atom is -0.497 e. The Morgan fingerprint density at radius 3 is 2.15 bits per heavy atom. The zero-order valence-corrected chi connectivity index (χ0v) is 25.3. The third-order valence-electron chi connectivity index (χ3n) is 7.05. The lowest BCUT2D eigenvalue weighted by Gasteiger charge is -2.33. The van der Waals surface area contributed by atoms with E-state index in [2.05, 4.69) is 5.32 Å². The van der Waals surface area contributed by atoms with Crippen molar-refractivity contribution >= 4 is 27.5 Å². The van der Waals surface area contributed by atoms with Crippen molar-refractivity contribution in [1.82, 2.24) is 10.2 Å². The Morgan fingerprint density at radius 2 is 1.54 bits per heavy atom. The third kappa shape index (κ3) is 7.58. The molecule has 2 atom stereocenters. The molecule has 0 radical (unpaired) electrons. The molecule has 3 aromatic carbocycles. The number of nitrogens with zero attached hydrogens (tertiary/aromatic N) is 2. The highest BCUT2D eigenvalue weighted by atomic mass is 32.2. The Bertz CT molecular complexity index is 1440. The lowest BCUT2D eigenvalue weighted by atomic mass is 10.1. The lowest BCUT2D eigenvalue weighted by molar-refractivity contribution is -0.139. The van der Waals surface area contributed by atoms with E-state index < -0.39 is 28.5 Å². The largest absolute Gasteiger partial charge is 0.497 e. The van der Waals surface area contributed by atoms with Crippen molar-refractivity contribution in [3.63, 3.8) is 0 Å². The molecule has 1 N–H and O–H groups in total. The summed E-state index contributed by atoms with van der Waals surface area (Å²) in [4.78, 5) is 28.7. The lowest BCUT2D eigenvalue weighted by Crippen LogP contribution is -2.52. The number of ether oxygens (including phenoxy) is 2. The predicted molar refractivity (Wildman–Crippen MR) is 160 cm³/mol. The van der Waals surface area contributed by atoms with E-state index >= 15 is 0 Å². The first-order valence-corrected chi connectivity index (χ1v) is 14.9. The molecule has 9 nitrogen and oxygen atoms in total. The quantitative estimate of drug-likeness (QED) is 0.318. The first-order chi connectivity index (χ1) is 19.5. The van der Waals surface area contributed by atoms with Gasteiger partial charge in [0.25, 0.3) is 10.0 Å². The molecule has 0 aliphatic heterocycles. The van der Waals surface area contributed by atoms with E-state index in [4.69, 9.17) is 9.47 Å². The van der Waals surface area contributed by atoms with Crippen LogP contribution >= 0.6 is 0 Å². The van der Waals surface area contributed by atoms with E-state index in [1.54, 1.807) is 43.3 Å². The molecule has 0 saturated heterocycles. The Morgan fingerprint density at radius 1 is 0.902 bits per heavy atom. The van der Waals surface area contributed by atoms with E-state index in [9.17, 15) is 18.0 Å². The fraction of sp³-hybridized carbons (Fsp3) is 0.355. The van der Waals surface area contributed by atoms with Crippen LogP contribution < -0.4 is 19.1 Å². The predicted octanol–water partition coefficient (Wildman–Crippen LogP) is 4.54. The van der Waals surface area contributed by atoms with Crippen LogP contribution in [0.4, 0.5) is 5.69 Å². The molecule has 0 bridgehead atoms. The Labute approximate surface area is 243 Å². The molecule has 0 aliphatic carbocycles. The van der Waals surface area contributed by atoms with Crippen LogP contribution in [-0.2, 0) is 26.2 Å². The fourth-order valence-electron chi connectivity index (χ4n) is 4.24. The summed E-state index contributed by atoms with van der Waals surface area (Å²) in [5.74, 6) is -0.0778. The minimum atomic E-state index is -4.24. The molecule has 41 heavy (non-hydrogen) atoms. The van der Waals surface area contributed by atoms with Crippen molar-refractivity contribution in [1.29, 1.82) is 0 Å². The maximum absolute atomic E-state index is 14.1. The maximum Gasteiger partial charge on any atom is 0.264 e. The van der Waals surface area contributed by atoms with Crippen LogP contribution in [0.15, 0.2) is 77.7 Å². The van der Waals surface area contributed by atoms with Gasteiger partial charge in [-0.05, 0) is 74.7 Å². The number of sulfonamides is 1. The van der Waals surface area contributed by atoms with Gasteiger partial charge in [0.15, 0.2) is 0 Å². The first-order valence-electron chi connectivity index (χ1n) is 13.5. The number of aryl methyl sites for hydroxylation is 1. The van der Waals surface area contributed by atoms with Gasteiger partial charge in [-0.25, -0.2) is 8.42 Å². The SMILES string of the molecule is CC[C@@H](C)NC(=O)[C@H](C)N(Cc1ccccc1C)C(=O)CN(c1ccccc1OC)S(=O)(=O)c1ccc(OC)cc1. The van der Waals surface area contributed by atoms with E-state index in [1.165, 1.54) is 31.3 Å². The maximum atomic E-state index is 14.1. The number of carbonyl (C=O) groups is 2. The molecule has 0 unspecified atom stereocenters. The van der Waals surface area contributed by atoms with Crippen LogP contribution in [0.1, 0.15) is 38.3 Å². The van der Waals surface area contributed by atoms with Gasteiger partial charge in [-0.1, -0.05) is 43.3 Å². The van der Waals surface area contributed by atoms with Gasteiger partial charge in [0, 0.05) is 12.6 Å². The second-order valence-electron chi connectivity index (χ2n) is 9.80. The fourth-order valence-corrected chi connectivity index (χ4v) is 5.67. The number of amides is 2. The van der Waals surface area contributed by atoms with Crippen LogP contribution in [0.25, 0.3) is 0 Å². The third-order valence-corrected chi connectivity index (χ3v) is 8.82. The molecule has 220 valence electrons. The zero-order chi connectivity index (χ0) is 30.2. The van der Waals surface area contributed by atoms with Crippen LogP contribution in [0, 0.1) is 6.92 Å². The standard InChI is InChI=1S/C31H39N3O6S/c1-7-23(3)32-31(36)24(4)33(20-25-13-9-8-12-22(25)2)30(35)21-34(28-14-10-11-15-29(28)40-6)41(37,38)27-18-16-26(39-5)17-19-27/h8-19,23-24H,7,20-21H2,1-6H3,(H,32,36)/t23-,24+/m1/s1. The van der Waals surface area contributed by atoms with E-state index in [0.29, 0.717) is 5.75 Å². The van der Waals surface area contributed by atoms with Crippen molar-refractivity contribution in [2.45, 2.75) is 57.6 Å². The van der Waals surface area contributed by atoms with Gasteiger partial charge in [-0.3, -0.25) is 13.9 Å². The van der Waals surface area contributed by atoms with Gasteiger partial charge in [0.1, 0.15) is 24.1 Å². The highest BCUT2D eigenvalue weighted by molar-refractivity contribution is 7.92. The molecule has 2 amide bonds. The number of hydrogen-bond donors (Lipinski definition) is 1. The molecule has 0 aliphatic rings. The molecular weight excluding hydrogens is 542 g/mol. The summed E-state index contributed by atoms with van der Waals surface area (Å²) in [6, 6.07) is 19.2. The second-order valence-corrected chi connectivity index (χ2v) is 11.7. The number of methoxy groups -OCH3 is 2. The second kappa shape index (κ2) is 14.0. The number of rotatable bonds is 13. The Hall–Kier alpha value is -4.05. The van der Waals surface area contributed by atoms with Crippen molar-refractivity contribution < 1.29 is 27.5 Å². The Balaban J connectivity index is 2.08. The summed E-state index contributed by atoms with van der Waals surface area (Å²) in [6.45, 7) is 7.00. The molecule has 0 saturated carbocycles. The number of nitrogens with one attached hydrogen (secondary N) is 1. The van der Waals surface area contributed by atoms with E-state index in [0.717, 1.165) is 21.9 Å². The van der Waals surface area contributed by atoms with Gasteiger partial charge >= 0.3 is 0 Å². The van der Waals surface area contributed by atoms with Crippen molar-refractivity contribution in [3.8, 4) is 11.5 Å². The summed E-state index contributed by atoms with van der Waals surface area (Å²) in [5.41, 5.74) is 2.00. The Kier molecular flexibility index (Phi) is 10.8. The molecule has 3 rings (SSSR count). The van der Waals surface area contributed by atoms with Gasteiger partial charge in [0.2, 0.25) is 11.8 Å². The summed E-state index contributed by atoms with van der Waals surface area (Å²) >= 11 is 0. The monoisotopic (exact) mass is 581 g/mol. The topological polar surface area (TPSA) is 105 Å². The van der Waals surface area contributed by atoms with Crippen molar-refractivity contribution in [2.75, 3.05) is 25.1 Å². The van der Waals surface area contributed by atoms with Crippen LogP contribution in [0.2, 0.25) is 0 Å². The zero-order valence-electron chi connectivity index (χ0n) is 24.5. The molecule has 0 aromatic heterocycles.